The van der Waals surface area contributed by atoms with Gasteiger partial charge in [-0.25, -0.2) is 4.79 Å². The van der Waals surface area contributed by atoms with Gasteiger partial charge in [0, 0.05) is 13.1 Å². The summed E-state index contributed by atoms with van der Waals surface area (Å²) in [5, 5.41) is 3.95. The number of anilines is 1. The second-order valence-corrected chi connectivity index (χ2v) is 6.29. The number of amides is 2. The van der Waals surface area contributed by atoms with E-state index in [1.54, 1.807) is 17.0 Å². The van der Waals surface area contributed by atoms with Gasteiger partial charge in [-0.1, -0.05) is 78.9 Å². The van der Waals surface area contributed by atoms with E-state index in [2.05, 4.69) is 5.29 Å². The van der Waals surface area contributed by atoms with Crippen molar-refractivity contribution in [3.05, 3.63) is 107 Å². The molecule has 0 unspecified atom stereocenters. The molecule has 0 N–H and O–H groups in total. The van der Waals surface area contributed by atoms with Crippen LogP contribution in [0.3, 0.4) is 0 Å². The number of nitroso groups, excluding NO2 is 1. The zero-order chi connectivity index (χ0) is 19.1. The average Bonchev–Trinajstić information content (AvgIpc) is 2.71. The van der Waals surface area contributed by atoms with Crippen LogP contribution in [0, 0.1) is 11.8 Å². The van der Waals surface area contributed by atoms with Crippen molar-refractivity contribution in [1.29, 1.82) is 0 Å². The first-order chi connectivity index (χ1) is 13.2. The Morgan fingerprint density at radius 1 is 0.778 bits per heavy atom. The topological polar surface area (TPSA) is 53.0 Å². The Balaban J connectivity index is 1.91. The Bertz CT molecular complexity index is 856. The Kier molecular flexibility index (Phi) is 5.94. The average molecular weight is 359 g/mol. The molecule has 0 radical (unpaired) electrons. The highest BCUT2D eigenvalue weighted by Crippen LogP contribution is 2.23. The molecule has 0 aromatic heterocycles. The number of benzene rings is 3. The Hall–Kier alpha value is -3.47. The van der Waals surface area contributed by atoms with E-state index in [1.807, 2.05) is 79.7 Å². The van der Waals surface area contributed by atoms with Gasteiger partial charge in [-0.05, 0) is 29.7 Å². The molecule has 0 saturated carbocycles. The monoisotopic (exact) mass is 359 g/mol. The lowest BCUT2D eigenvalue weighted by atomic mass is 10.1. The van der Waals surface area contributed by atoms with Crippen LogP contribution >= 0.6 is 0 Å². The van der Waals surface area contributed by atoms with Crippen LogP contribution in [-0.4, -0.2) is 10.9 Å². The molecule has 27 heavy (non-hydrogen) atoms. The summed E-state index contributed by atoms with van der Waals surface area (Å²) in [5.74, 6) is 0. The number of hydrogen-bond acceptors (Lipinski definition) is 3. The second kappa shape index (κ2) is 8.76. The summed E-state index contributed by atoms with van der Waals surface area (Å²) in [6.07, 6.45) is 0. The van der Waals surface area contributed by atoms with Crippen molar-refractivity contribution >= 4 is 11.7 Å². The molecule has 0 aliphatic heterocycles. The molecule has 0 aliphatic rings. The molecular formula is C22H21N3O2. The summed E-state index contributed by atoms with van der Waals surface area (Å²) in [7, 11) is 0. The Morgan fingerprint density at radius 2 is 1.26 bits per heavy atom. The van der Waals surface area contributed by atoms with E-state index < -0.39 is 6.03 Å². The highest BCUT2D eigenvalue weighted by Gasteiger charge is 2.25. The molecule has 3 aromatic rings. The standard InChI is InChI=1S/C22H21N3O2/c1-18-10-8-9-15-21(18)25(23-27)22(26)24(16-19-11-4-2-5-12-19)17-20-13-6-3-7-14-20/h2-15H,16-17H2,1H3. The Labute approximate surface area is 158 Å². The van der Waals surface area contributed by atoms with Gasteiger partial charge < -0.3 is 4.90 Å². The van der Waals surface area contributed by atoms with E-state index in [-0.39, 0.29) is 0 Å². The molecule has 5 nitrogen and oxygen atoms in total. The number of para-hydroxylation sites is 1. The van der Waals surface area contributed by atoms with Crippen molar-refractivity contribution in [1.82, 2.24) is 4.90 Å². The molecule has 0 spiro atoms. The van der Waals surface area contributed by atoms with Gasteiger partial charge in [0.2, 0.25) is 0 Å². The fourth-order valence-electron chi connectivity index (χ4n) is 2.92. The zero-order valence-electron chi connectivity index (χ0n) is 15.2. The molecule has 2 amide bonds. The van der Waals surface area contributed by atoms with E-state index in [0.717, 1.165) is 21.7 Å². The van der Waals surface area contributed by atoms with Crippen molar-refractivity contribution in [2.24, 2.45) is 5.29 Å². The fourth-order valence-corrected chi connectivity index (χ4v) is 2.92. The Morgan fingerprint density at radius 3 is 1.74 bits per heavy atom. The minimum atomic E-state index is -0.452. The molecular weight excluding hydrogens is 338 g/mol. The van der Waals surface area contributed by atoms with Gasteiger partial charge >= 0.3 is 6.03 Å². The van der Waals surface area contributed by atoms with Crippen LogP contribution in [-0.2, 0) is 13.1 Å². The summed E-state index contributed by atoms with van der Waals surface area (Å²) in [6.45, 7) is 2.61. The number of urea groups is 1. The summed E-state index contributed by atoms with van der Waals surface area (Å²) < 4.78 is 0. The van der Waals surface area contributed by atoms with Crippen LogP contribution in [0.1, 0.15) is 16.7 Å². The van der Waals surface area contributed by atoms with E-state index in [0.29, 0.717) is 18.8 Å². The lowest BCUT2D eigenvalue weighted by molar-refractivity contribution is 0.199. The van der Waals surface area contributed by atoms with Crippen LogP contribution < -0.4 is 5.01 Å². The van der Waals surface area contributed by atoms with Crippen LogP contribution in [0.4, 0.5) is 10.5 Å². The molecule has 5 heteroatoms. The molecule has 0 bridgehead atoms. The third-order valence-electron chi connectivity index (χ3n) is 4.31. The fraction of sp³-hybridized carbons (Fsp3) is 0.136. The lowest BCUT2D eigenvalue weighted by Crippen LogP contribution is -2.40. The van der Waals surface area contributed by atoms with Crippen molar-refractivity contribution in [2.75, 3.05) is 5.01 Å². The molecule has 0 heterocycles. The van der Waals surface area contributed by atoms with E-state index in [4.69, 9.17) is 0 Å². The van der Waals surface area contributed by atoms with Crippen LogP contribution in [0.2, 0.25) is 0 Å². The van der Waals surface area contributed by atoms with Crippen molar-refractivity contribution in [3.63, 3.8) is 0 Å². The SMILES string of the molecule is Cc1ccccc1N(N=O)C(=O)N(Cc1ccccc1)Cc1ccccc1. The van der Waals surface area contributed by atoms with E-state index in [9.17, 15) is 9.70 Å². The minimum absolute atomic E-state index is 0.381. The van der Waals surface area contributed by atoms with Gasteiger partial charge in [-0.3, -0.25) is 0 Å². The molecule has 0 aliphatic carbocycles. The second-order valence-electron chi connectivity index (χ2n) is 6.29. The summed E-state index contributed by atoms with van der Waals surface area (Å²) in [6, 6.07) is 26.2. The van der Waals surface area contributed by atoms with Gasteiger partial charge in [-0.15, -0.1) is 9.92 Å². The third-order valence-corrected chi connectivity index (χ3v) is 4.31. The van der Waals surface area contributed by atoms with Crippen molar-refractivity contribution in [3.8, 4) is 0 Å². The number of aryl methyl sites for hydroxylation is 1. The minimum Gasteiger partial charge on any atom is -0.314 e. The molecule has 3 aromatic carbocycles. The molecule has 0 fully saturated rings. The van der Waals surface area contributed by atoms with Gasteiger partial charge in [0.1, 0.15) is 0 Å². The van der Waals surface area contributed by atoms with Gasteiger partial charge in [0.05, 0.1) is 11.0 Å². The predicted octanol–water partition coefficient (Wildman–Crippen LogP) is 5.31. The molecule has 0 atom stereocenters. The maximum Gasteiger partial charge on any atom is 0.348 e. The number of carbonyl (C=O) groups is 1. The van der Waals surface area contributed by atoms with Gasteiger partial charge in [0.25, 0.3) is 0 Å². The summed E-state index contributed by atoms with van der Waals surface area (Å²) in [5.41, 5.74) is 3.27. The van der Waals surface area contributed by atoms with Gasteiger partial charge in [-0.2, -0.15) is 0 Å². The van der Waals surface area contributed by atoms with E-state index in [1.165, 1.54) is 0 Å². The highest BCUT2D eigenvalue weighted by molar-refractivity contribution is 5.92. The first-order valence-electron chi connectivity index (χ1n) is 8.75. The first-order valence-corrected chi connectivity index (χ1v) is 8.75. The number of hydrogen-bond donors (Lipinski definition) is 0. The van der Waals surface area contributed by atoms with Crippen molar-refractivity contribution < 1.29 is 4.79 Å². The van der Waals surface area contributed by atoms with E-state index >= 15 is 0 Å². The quantitative estimate of drug-likeness (QED) is 0.443. The number of carbonyl (C=O) groups excluding carboxylic acids is 1. The number of nitrogens with zero attached hydrogens (tertiary/aromatic N) is 3. The first kappa shape index (κ1) is 18.3. The molecule has 0 saturated heterocycles. The zero-order valence-corrected chi connectivity index (χ0v) is 15.2. The van der Waals surface area contributed by atoms with Gasteiger partial charge in [0.15, 0.2) is 0 Å². The lowest BCUT2D eigenvalue weighted by Gasteiger charge is -2.27. The third kappa shape index (κ3) is 4.58. The van der Waals surface area contributed by atoms with Crippen LogP contribution in [0.25, 0.3) is 0 Å². The van der Waals surface area contributed by atoms with Crippen LogP contribution in [0.15, 0.2) is 90.2 Å². The smallest absolute Gasteiger partial charge is 0.314 e. The maximum atomic E-state index is 13.2. The largest absolute Gasteiger partial charge is 0.348 e. The van der Waals surface area contributed by atoms with Crippen molar-refractivity contribution in [2.45, 2.75) is 20.0 Å². The summed E-state index contributed by atoms with van der Waals surface area (Å²) >= 11 is 0. The number of rotatable bonds is 6. The van der Waals surface area contributed by atoms with Crippen LogP contribution in [0.5, 0.6) is 0 Å². The summed E-state index contributed by atoms with van der Waals surface area (Å²) in [4.78, 5) is 26.4. The molecule has 3 rings (SSSR count). The highest BCUT2D eigenvalue weighted by atomic mass is 16.3. The maximum absolute atomic E-state index is 13.2. The predicted molar refractivity (Wildman–Crippen MR) is 107 cm³/mol. The normalized spacial score (nSPS) is 10.3. The molecule has 136 valence electrons.